The van der Waals surface area contributed by atoms with Crippen LogP contribution in [-0.2, 0) is 0 Å². The van der Waals surface area contributed by atoms with Crippen molar-refractivity contribution in [3.05, 3.63) is 40.3 Å². The average molecular weight is 322 g/mol. The van der Waals surface area contributed by atoms with Crippen LogP contribution in [-0.4, -0.2) is 26.0 Å². The Balaban J connectivity index is 2.52. The van der Waals surface area contributed by atoms with Gasteiger partial charge in [-0.05, 0) is 34.0 Å². The lowest BCUT2D eigenvalue weighted by Crippen LogP contribution is -2.09. The molecule has 0 radical (unpaired) electrons. The van der Waals surface area contributed by atoms with Crippen LogP contribution in [0.1, 0.15) is 35.8 Å². The molecule has 1 N–H and O–H groups in total. The second kappa shape index (κ2) is 5.44. The van der Waals surface area contributed by atoms with Gasteiger partial charge in [0.2, 0.25) is 0 Å². The number of rotatable bonds is 3. The van der Waals surface area contributed by atoms with Gasteiger partial charge in [-0.15, -0.1) is 0 Å². The van der Waals surface area contributed by atoms with Gasteiger partial charge >= 0.3 is 5.97 Å². The SMILES string of the molecule is CC(C)c1nc(-c2ccc(Br)cn2)ncc1C(=O)O. The van der Waals surface area contributed by atoms with E-state index in [1.165, 1.54) is 6.20 Å². The molecule has 2 aromatic rings. The molecule has 0 aliphatic rings. The van der Waals surface area contributed by atoms with Crippen LogP contribution < -0.4 is 0 Å². The molecule has 5 nitrogen and oxygen atoms in total. The summed E-state index contributed by atoms with van der Waals surface area (Å²) in [5, 5.41) is 9.11. The molecule has 0 spiro atoms. The first-order valence-corrected chi connectivity index (χ1v) is 6.50. The lowest BCUT2D eigenvalue weighted by Gasteiger charge is -2.09. The van der Waals surface area contributed by atoms with E-state index in [9.17, 15) is 4.79 Å². The lowest BCUT2D eigenvalue weighted by molar-refractivity contribution is 0.0694. The number of carboxylic acids is 1. The maximum absolute atomic E-state index is 11.1. The molecule has 2 heterocycles. The van der Waals surface area contributed by atoms with E-state index in [-0.39, 0.29) is 11.5 Å². The molecule has 0 saturated carbocycles. The van der Waals surface area contributed by atoms with Crippen LogP contribution in [0.25, 0.3) is 11.5 Å². The zero-order valence-electron chi connectivity index (χ0n) is 10.5. The first-order chi connectivity index (χ1) is 8.99. The van der Waals surface area contributed by atoms with Gasteiger partial charge in [0.05, 0.1) is 11.3 Å². The van der Waals surface area contributed by atoms with Crippen molar-refractivity contribution < 1.29 is 9.90 Å². The summed E-state index contributed by atoms with van der Waals surface area (Å²) >= 11 is 3.31. The molecule has 0 aliphatic heterocycles. The molecule has 98 valence electrons. The smallest absolute Gasteiger partial charge is 0.339 e. The van der Waals surface area contributed by atoms with Crippen molar-refractivity contribution in [3.63, 3.8) is 0 Å². The molecular formula is C13H12BrN3O2. The topological polar surface area (TPSA) is 76.0 Å². The fraction of sp³-hybridized carbons (Fsp3) is 0.231. The van der Waals surface area contributed by atoms with E-state index in [1.807, 2.05) is 19.9 Å². The number of aromatic carboxylic acids is 1. The standard InChI is InChI=1S/C13H12BrN3O2/c1-7(2)11-9(13(18)19)6-16-12(17-11)10-4-3-8(14)5-15-10/h3-7H,1-2H3,(H,18,19). The maximum atomic E-state index is 11.1. The van der Waals surface area contributed by atoms with Gasteiger partial charge in [-0.3, -0.25) is 4.98 Å². The van der Waals surface area contributed by atoms with Crippen molar-refractivity contribution >= 4 is 21.9 Å². The minimum Gasteiger partial charge on any atom is -0.478 e. The third-order valence-electron chi connectivity index (χ3n) is 2.55. The number of hydrogen-bond acceptors (Lipinski definition) is 4. The van der Waals surface area contributed by atoms with Crippen molar-refractivity contribution in [1.82, 2.24) is 15.0 Å². The van der Waals surface area contributed by atoms with Crippen molar-refractivity contribution in [2.24, 2.45) is 0 Å². The molecule has 0 aromatic carbocycles. The van der Waals surface area contributed by atoms with E-state index in [4.69, 9.17) is 5.11 Å². The summed E-state index contributed by atoms with van der Waals surface area (Å²) < 4.78 is 0.863. The van der Waals surface area contributed by atoms with Gasteiger partial charge in [-0.1, -0.05) is 13.8 Å². The Morgan fingerprint density at radius 3 is 2.53 bits per heavy atom. The van der Waals surface area contributed by atoms with Crippen molar-refractivity contribution in [3.8, 4) is 11.5 Å². The Bertz CT molecular complexity index is 612. The number of aromatic nitrogens is 3. The Morgan fingerprint density at radius 2 is 2.00 bits per heavy atom. The van der Waals surface area contributed by atoms with Crippen LogP contribution in [0.15, 0.2) is 29.0 Å². The molecule has 19 heavy (non-hydrogen) atoms. The highest BCUT2D eigenvalue weighted by atomic mass is 79.9. The number of hydrogen-bond donors (Lipinski definition) is 1. The van der Waals surface area contributed by atoms with E-state index >= 15 is 0 Å². The van der Waals surface area contributed by atoms with E-state index in [0.29, 0.717) is 17.2 Å². The third kappa shape index (κ3) is 2.96. The Kier molecular flexibility index (Phi) is 3.90. The molecule has 2 aromatic heterocycles. The minimum absolute atomic E-state index is 0.00305. The van der Waals surface area contributed by atoms with Crippen LogP contribution >= 0.6 is 15.9 Å². The van der Waals surface area contributed by atoms with Gasteiger partial charge in [-0.25, -0.2) is 14.8 Å². The lowest BCUT2D eigenvalue weighted by atomic mass is 10.1. The summed E-state index contributed by atoms with van der Waals surface area (Å²) in [6.07, 6.45) is 2.99. The van der Waals surface area contributed by atoms with Gasteiger partial charge in [0.1, 0.15) is 5.69 Å². The fourth-order valence-electron chi connectivity index (χ4n) is 1.63. The molecule has 0 fully saturated rings. The number of halogens is 1. The quantitative estimate of drug-likeness (QED) is 0.939. The first-order valence-electron chi connectivity index (χ1n) is 5.71. The second-order valence-electron chi connectivity index (χ2n) is 4.31. The van der Waals surface area contributed by atoms with Crippen LogP contribution in [0.2, 0.25) is 0 Å². The molecule has 0 atom stereocenters. The zero-order chi connectivity index (χ0) is 14.0. The molecule has 0 amide bonds. The van der Waals surface area contributed by atoms with Crippen LogP contribution in [0.3, 0.4) is 0 Å². The monoisotopic (exact) mass is 321 g/mol. The predicted molar refractivity (Wildman–Crippen MR) is 74.0 cm³/mol. The molecule has 0 bridgehead atoms. The Morgan fingerprint density at radius 1 is 1.26 bits per heavy atom. The summed E-state index contributed by atoms with van der Waals surface area (Å²) in [5.41, 5.74) is 1.26. The van der Waals surface area contributed by atoms with Crippen molar-refractivity contribution in [2.45, 2.75) is 19.8 Å². The van der Waals surface area contributed by atoms with E-state index in [0.717, 1.165) is 4.47 Å². The summed E-state index contributed by atoms with van der Waals surface area (Å²) in [4.78, 5) is 23.7. The summed E-state index contributed by atoms with van der Waals surface area (Å²) in [6, 6.07) is 3.62. The molecule has 2 rings (SSSR count). The summed E-state index contributed by atoms with van der Waals surface area (Å²) in [6.45, 7) is 3.79. The molecule has 0 unspecified atom stereocenters. The van der Waals surface area contributed by atoms with E-state index in [1.54, 1.807) is 12.3 Å². The molecule has 0 aliphatic carbocycles. The third-order valence-corrected chi connectivity index (χ3v) is 3.02. The van der Waals surface area contributed by atoms with Crippen LogP contribution in [0.4, 0.5) is 0 Å². The Labute approximate surface area is 118 Å². The van der Waals surface area contributed by atoms with Gasteiger partial charge in [0.25, 0.3) is 0 Å². The average Bonchev–Trinajstić information content (AvgIpc) is 2.38. The molecule has 6 heteroatoms. The molecule has 0 saturated heterocycles. The highest BCUT2D eigenvalue weighted by molar-refractivity contribution is 9.10. The highest BCUT2D eigenvalue weighted by Crippen LogP contribution is 2.21. The van der Waals surface area contributed by atoms with E-state index in [2.05, 4.69) is 30.9 Å². The number of pyridine rings is 1. The van der Waals surface area contributed by atoms with Crippen LogP contribution in [0, 0.1) is 0 Å². The highest BCUT2D eigenvalue weighted by Gasteiger charge is 2.17. The van der Waals surface area contributed by atoms with Gasteiger partial charge in [-0.2, -0.15) is 0 Å². The van der Waals surface area contributed by atoms with E-state index < -0.39 is 5.97 Å². The van der Waals surface area contributed by atoms with Gasteiger partial charge in [0.15, 0.2) is 5.82 Å². The first kappa shape index (κ1) is 13.6. The number of carbonyl (C=O) groups is 1. The summed E-state index contributed by atoms with van der Waals surface area (Å²) in [5.74, 6) is -0.580. The predicted octanol–water partition coefficient (Wildman–Crippen LogP) is 3.12. The Hall–Kier alpha value is -1.82. The van der Waals surface area contributed by atoms with Crippen molar-refractivity contribution in [2.75, 3.05) is 0 Å². The largest absolute Gasteiger partial charge is 0.478 e. The van der Waals surface area contributed by atoms with Gasteiger partial charge < -0.3 is 5.11 Å². The van der Waals surface area contributed by atoms with Gasteiger partial charge in [0, 0.05) is 16.9 Å². The molecular weight excluding hydrogens is 310 g/mol. The van der Waals surface area contributed by atoms with Crippen LogP contribution in [0.5, 0.6) is 0 Å². The van der Waals surface area contributed by atoms with Crippen molar-refractivity contribution in [1.29, 1.82) is 0 Å². The second-order valence-corrected chi connectivity index (χ2v) is 5.23. The maximum Gasteiger partial charge on any atom is 0.339 e. The number of nitrogens with zero attached hydrogens (tertiary/aromatic N) is 3. The minimum atomic E-state index is -1.01. The summed E-state index contributed by atoms with van der Waals surface area (Å²) in [7, 11) is 0. The zero-order valence-corrected chi connectivity index (χ0v) is 12.0. The normalized spacial score (nSPS) is 10.7. The fourth-order valence-corrected chi connectivity index (χ4v) is 1.87. The number of carboxylic acid groups (broad SMARTS) is 1.